The first kappa shape index (κ1) is 21.4. The highest BCUT2D eigenvalue weighted by atomic mass is 16.5. The summed E-state index contributed by atoms with van der Waals surface area (Å²) >= 11 is 0. The Hall–Kier alpha value is -2.95. The lowest BCUT2D eigenvalue weighted by Gasteiger charge is -2.13. The Morgan fingerprint density at radius 2 is 1.43 bits per heavy atom. The lowest BCUT2D eigenvalue weighted by Crippen LogP contribution is -2.31. The average molecular weight is 381 g/mol. The molecule has 148 valence electrons. The summed E-state index contributed by atoms with van der Waals surface area (Å²) in [5, 5.41) is 2.53. The minimum Gasteiger partial charge on any atom is -0.456 e. The van der Waals surface area contributed by atoms with Gasteiger partial charge in [0.2, 0.25) is 5.78 Å². The maximum atomic E-state index is 12.5. The van der Waals surface area contributed by atoms with E-state index in [1.807, 2.05) is 53.7 Å². The largest absolute Gasteiger partial charge is 0.456 e. The van der Waals surface area contributed by atoms with Gasteiger partial charge in [-0.25, -0.2) is 0 Å². The number of amides is 1. The molecule has 0 spiro atoms. The fraction of sp³-hybridized carbons (Fsp3) is 0.348. The monoisotopic (exact) mass is 381 g/mol. The lowest BCUT2D eigenvalue weighted by atomic mass is 9.93. The van der Waals surface area contributed by atoms with Gasteiger partial charge in [0.25, 0.3) is 5.91 Å². The van der Waals surface area contributed by atoms with Crippen LogP contribution in [-0.2, 0) is 9.53 Å². The highest BCUT2D eigenvalue weighted by Gasteiger charge is 2.16. The first-order chi connectivity index (χ1) is 13.1. The van der Waals surface area contributed by atoms with E-state index in [1.165, 1.54) is 0 Å². The van der Waals surface area contributed by atoms with Gasteiger partial charge in [-0.15, -0.1) is 0 Å². The molecule has 0 bridgehead atoms. The molecule has 0 aliphatic rings. The Morgan fingerprint density at radius 1 is 0.821 bits per heavy atom. The van der Waals surface area contributed by atoms with Crippen LogP contribution >= 0.6 is 0 Å². The number of nitrogens with one attached hydrogen (secondary N) is 1. The zero-order chi connectivity index (χ0) is 21.0. The molecule has 0 atom stereocenters. The van der Waals surface area contributed by atoms with Crippen molar-refractivity contribution in [3.63, 3.8) is 0 Å². The Kier molecular flexibility index (Phi) is 6.73. The van der Waals surface area contributed by atoms with E-state index in [2.05, 4.69) is 5.32 Å². The van der Waals surface area contributed by atoms with E-state index < -0.39 is 5.97 Å². The number of carbonyl (C=O) groups is 3. The van der Waals surface area contributed by atoms with Crippen molar-refractivity contribution >= 4 is 17.7 Å². The lowest BCUT2D eigenvalue weighted by molar-refractivity contribution is -0.141. The van der Waals surface area contributed by atoms with Crippen LogP contribution in [0.15, 0.2) is 24.3 Å². The first-order valence-electron chi connectivity index (χ1n) is 9.23. The third-order valence-electron chi connectivity index (χ3n) is 5.02. The van der Waals surface area contributed by atoms with Gasteiger partial charge in [-0.3, -0.25) is 14.4 Å². The molecule has 0 radical (unpaired) electrons. The molecular weight excluding hydrogens is 354 g/mol. The maximum Gasteiger partial charge on any atom is 0.325 e. The molecule has 0 saturated heterocycles. The predicted molar refractivity (Wildman–Crippen MR) is 109 cm³/mol. The number of aryl methyl sites for hydroxylation is 3. The Labute approximate surface area is 166 Å². The van der Waals surface area contributed by atoms with Crippen molar-refractivity contribution in [2.75, 3.05) is 13.2 Å². The van der Waals surface area contributed by atoms with Crippen LogP contribution in [0.3, 0.4) is 0 Å². The zero-order valence-corrected chi connectivity index (χ0v) is 17.4. The quantitative estimate of drug-likeness (QED) is 0.612. The molecule has 2 rings (SSSR count). The standard InChI is InChI=1S/C23H27NO4/c1-13-7-14(2)9-19(8-13)23(27)24-11-22(26)28-12-21(25)20-10-15(3)16(4)17(5)18(20)6/h7-10H,11-12H2,1-6H3,(H,24,27). The van der Waals surface area contributed by atoms with Crippen molar-refractivity contribution in [1.82, 2.24) is 5.32 Å². The molecule has 5 heteroatoms. The van der Waals surface area contributed by atoms with E-state index in [4.69, 9.17) is 4.74 Å². The van der Waals surface area contributed by atoms with Crippen LogP contribution in [0.25, 0.3) is 0 Å². The summed E-state index contributed by atoms with van der Waals surface area (Å²) in [7, 11) is 0. The molecule has 2 aromatic rings. The van der Waals surface area contributed by atoms with E-state index in [0.29, 0.717) is 11.1 Å². The van der Waals surface area contributed by atoms with Crippen LogP contribution in [0.5, 0.6) is 0 Å². The molecule has 0 fully saturated rings. The fourth-order valence-corrected chi connectivity index (χ4v) is 3.14. The molecule has 0 saturated carbocycles. The van der Waals surface area contributed by atoms with Crippen molar-refractivity contribution in [3.05, 3.63) is 68.8 Å². The van der Waals surface area contributed by atoms with Crippen LogP contribution in [0, 0.1) is 41.5 Å². The van der Waals surface area contributed by atoms with Crippen LogP contribution < -0.4 is 5.32 Å². The molecule has 1 amide bonds. The highest BCUT2D eigenvalue weighted by Crippen LogP contribution is 2.21. The van der Waals surface area contributed by atoms with E-state index in [-0.39, 0.29) is 24.8 Å². The topological polar surface area (TPSA) is 72.5 Å². The summed E-state index contributed by atoms with van der Waals surface area (Å²) in [5.74, 6) is -1.25. The fourth-order valence-electron chi connectivity index (χ4n) is 3.14. The normalized spacial score (nSPS) is 10.5. The number of rotatable bonds is 6. The molecule has 0 unspecified atom stereocenters. The summed E-state index contributed by atoms with van der Waals surface area (Å²) in [6.07, 6.45) is 0. The molecule has 0 aliphatic heterocycles. The van der Waals surface area contributed by atoms with Crippen molar-refractivity contribution in [3.8, 4) is 0 Å². The Morgan fingerprint density at radius 3 is 2.04 bits per heavy atom. The highest BCUT2D eigenvalue weighted by molar-refractivity contribution is 6.00. The summed E-state index contributed by atoms with van der Waals surface area (Å²) < 4.78 is 5.05. The number of benzene rings is 2. The summed E-state index contributed by atoms with van der Waals surface area (Å²) in [6.45, 7) is 11.0. The summed E-state index contributed by atoms with van der Waals surface area (Å²) in [5.41, 5.74) is 7.13. The molecule has 28 heavy (non-hydrogen) atoms. The number of hydrogen-bond donors (Lipinski definition) is 1. The molecule has 2 aromatic carbocycles. The van der Waals surface area contributed by atoms with E-state index in [0.717, 1.165) is 33.4 Å². The van der Waals surface area contributed by atoms with Gasteiger partial charge >= 0.3 is 5.97 Å². The Balaban J connectivity index is 1.92. The molecule has 0 aromatic heterocycles. The van der Waals surface area contributed by atoms with Crippen LogP contribution in [0.1, 0.15) is 54.1 Å². The summed E-state index contributed by atoms with van der Waals surface area (Å²) in [4.78, 5) is 36.6. The smallest absolute Gasteiger partial charge is 0.325 e. The zero-order valence-electron chi connectivity index (χ0n) is 17.4. The van der Waals surface area contributed by atoms with Crippen LogP contribution in [0.2, 0.25) is 0 Å². The maximum absolute atomic E-state index is 12.5. The predicted octanol–water partition coefficient (Wildman–Crippen LogP) is 3.69. The van der Waals surface area contributed by atoms with Gasteiger partial charge in [-0.05, 0) is 82.0 Å². The minimum absolute atomic E-state index is 0.252. The third-order valence-corrected chi connectivity index (χ3v) is 5.02. The molecule has 1 N–H and O–H groups in total. The van der Waals surface area contributed by atoms with Crippen molar-refractivity contribution in [1.29, 1.82) is 0 Å². The number of Topliss-reactive ketones (excluding diaryl/α,β-unsaturated/α-hetero) is 1. The van der Waals surface area contributed by atoms with Crippen molar-refractivity contribution in [2.24, 2.45) is 0 Å². The number of ketones is 1. The number of carbonyl (C=O) groups excluding carboxylic acids is 3. The SMILES string of the molecule is Cc1cc(C)cc(C(=O)NCC(=O)OCC(=O)c2cc(C)c(C)c(C)c2C)c1. The third kappa shape index (κ3) is 5.06. The van der Waals surface area contributed by atoms with Gasteiger partial charge in [0.1, 0.15) is 6.54 Å². The van der Waals surface area contributed by atoms with E-state index in [1.54, 1.807) is 12.1 Å². The second-order valence-electron chi connectivity index (χ2n) is 7.26. The van der Waals surface area contributed by atoms with E-state index in [9.17, 15) is 14.4 Å². The van der Waals surface area contributed by atoms with Crippen molar-refractivity contribution < 1.29 is 19.1 Å². The number of esters is 1. The second kappa shape index (κ2) is 8.83. The van der Waals surface area contributed by atoms with Gasteiger partial charge in [-0.2, -0.15) is 0 Å². The van der Waals surface area contributed by atoms with Gasteiger partial charge in [0.05, 0.1) is 0 Å². The second-order valence-corrected chi connectivity index (χ2v) is 7.26. The molecular formula is C23H27NO4. The van der Waals surface area contributed by atoms with Gasteiger partial charge in [0, 0.05) is 11.1 Å². The van der Waals surface area contributed by atoms with Gasteiger partial charge in [-0.1, -0.05) is 17.2 Å². The van der Waals surface area contributed by atoms with Crippen LogP contribution in [-0.4, -0.2) is 30.8 Å². The summed E-state index contributed by atoms with van der Waals surface area (Å²) in [6, 6.07) is 7.30. The van der Waals surface area contributed by atoms with Crippen LogP contribution in [0.4, 0.5) is 0 Å². The van der Waals surface area contributed by atoms with E-state index >= 15 is 0 Å². The molecule has 5 nitrogen and oxygen atoms in total. The minimum atomic E-state index is -0.649. The molecule has 0 aliphatic carbocycles. The first-order valence-corrected chi connectivity index (χ1v) is 9.23. The average Bonchev–Trinajstić information content (AvgIpc) is 2.64. The number of ether oxygens (including phenoxy) is 1. The number of hydrogen-bond acceptors (Lipinski definition) is 4. The van der Waals surface area contributed by atoms with Gasteiger partial charge in [0.15, 0.2) is 6.61 Å². The Bertz CT molecular complexity index is 924. The van der Waals surface area contributed by atoms with Crippen molar-refractivity contribution in [2.45, 2.75) is 41.5 Å². The van der Waals surface area contributed by atoms with Gasteiger partial charge < -0.3 is 10.1 Å². The molecule has 0 heterocycles.